The molecule has 0 saturated carbocycles. The summed E-state index contributed by atoms with van der Waals surface area (Å²) in [5.41, 5.74) is 0.802. The molecule has 0 aromatic rings. The monoisotopic (exact) mass is 225 g/mol. The van der Waals surface area contributed by atoms with Crippen LogP contribution in [0.2, 0.25) is 0 Å². The van der Waals surface area contributed by atoms with Crippen molar-refractivity contribution < 1.29 is 19.1 Å². The average Bonchev–Trinajstić information content (AvgIpc) is 2.23. The third-order valence-electron chi connectivity index (χ3n) is 1.68. The van der Waals surface area contributed by atoms with Gasteiger partial charge in [-0.2, -0.15) is 0 Å². The Morgan fingerprint density at radius 1 is 1.44 bits per heavy atom. The molecule has 0 saturated heterocycles. The first-order valence-electron chi connectivity index (χ1n) is 4.68. The maximum Gasteiger partial charge on any atom is 0.408 e. The summed E-state index contributed by atoms with van der Waals surface area (Å²) in [6.07, 6.45) is 2.82. The molecule has 5 heteroatoms. The van der Waals surface area contributed by atoms with E-state index in [9.17, 15) is 14.4 Å². The highest BCUT2D eigenvalue weighted by Crippen LogP contribution is 1.94. The highest BCUT2D eigenvalue weighted by atomic mass is 16.5. The van der Waals surface area contributed by atoms with Crippen LogP contribution in [0.1, 0.15) is 13.8 Å². The Bertz CT molecular complexity index is 320. The van der Waals surface area contributed by atoms with E-state index in [-0.39, 0.29) is 6.61 Å². The Morgan fingerprint density at radius 3 is 2.50 bits per heavy atom. The number of ketones is 1. The molecule has 0 bridgehead atoms. The third-order valence-corrected chi connectivity index (χ3v) is 1.68. The maximum absolute atomic E-state index is 11.1. The van der Waals surface area contributed by atoms with Crippen molar-refractivity contribution in [3.8, 4) is 0 Å². The van der Waals surface area contributed by atoms with Crippen LogP contribution in [0.25, 0.3) is 0 Å². The van der Waals surface area contributed by atoms with Crippen molar-refractivity contribution in [3.63, 3.8) is 0 Å². The molecular weight excluding hydrogens is 210 g/mol. The van der Waals surface area contributed by atoms with Crippen LogP contribution >= 0.6 is 0 Å². The average molecular weight is 225 g/mol. The number of ether oxygens (including phenoxy) is 1. The van der Waals surface area contributed by atoms with Crippen LogP contribution in [0.5, 0.6) is 0 Å². The molecule has 0 radical (unpaired) electrons. The van der Waals surface area contributed by atoms with E-state index in [0.717, 1.165) is 5.57 Å². The zero-order valence-corrected chi connectivity index (χ0v) is 9.36. The van der Waals surface area contributed by atoms with Gasteiger partial charge in [-0.15, -0.1) is 0 Å². The van der Waals surface area contributed by atoms with E-state index in [4.69, 9.17) is 4.74 Å². The number of nitrogens with one attached hydrogen (secondary N) is 1. The molecule has 1 N–H and O–H groups in total. The van der Waals surface area contributed by atoms with Gasteiger partial charge in [0.05, 0.1) is 0 Å². The van der Waals surface area contributed by atoms with Crippen molar-refractivity contribution in [2.75, 3.05) is 6.61 Å². The first-order chi connectivity index (χ1) is 7.51. The van der Waals surface area contributed by atoms with Gasteiger partial charge in [0, 0.05) is 0 Å². The number of amides is 1. The van der Waals surface area contributed by atoms with Crippen LogP contribution in [0.3, 0.4) is 0 Å². The molecule has 1 unspecified atom stereocenters. The molecule has 0 aliphatic carbocycles. The largest absolute Gasteiger partial charge is 0.445 e. The number of alkyl carbamates (subject to hydrolysis) is 1. The van der Waals surface area contributed by atoms with E-state index < -0.39 is 17.9 Å². The van der Waals surface area contributed by atoms with Crippen LogP contribution < -0.4 is 5.32 Å². The maximum atomic E-state index is 11.1. The second-order valence-corrected chi connectivity index (χ2v) is 3.19. The smallest absolute Gasteiger partial charge is 0.408 e. The zero-order valence-electron chi connectivity index (χ0n) is 9.36. The Balaban J connectivity index is 4.08. The number of hydrogen-bond donors (Lipinski definition) is 1. The van der Waals surface area contributed by atoms with Gasteiger partial charge in [-0.1, -0.05) is 18.7 Å². The highest BCUT2D eigenvalue weighted by Gasteiger charge is 2.16. The molecule has 0 aliphatic rings. The van der Waals surface area contributed by atoms with Gasteiger partial charge in [-0.05, 0) is 19.4 Å². The highest BCUT2D eigenvalue weighted by molar-refractivity contribution is 5.98. The van der Waals surface area contributed by atoms with Crippen LogP contribution in [0.4, 0.5) is 4.79 Å². The van der Waals surface area contributed by atoms with E-state index in [1.54, 1.807) is 19.1 Å². The van der Waals surface area contributed by atoms with E-state index in [1.807, 2.05) is 0 Å². The molecule has 0 aromatic heterocycles. The minimum absolute atomic E-state index is 0.0847. The van der Waals surface area contributed by atoms with E-state index in [1.165, 1.54) is 6.92 Å². The number of aldehydes is 1. The van der Waals surface area contributed by atoms with Crippen LogP contribution in [0.15, 0.2) is 24.3 Å². The summed E-state index contributed by atoms with van der Waals surface area (Å²) < 4.78 is 4.76. The zero-order chi connectivity index (χ0) is 12.6. The molecule has 0 aliphatic heterocycles. The molecule has 0 fully saturated rings. The Hall–Kier alpha value is -1.91. The van der Waals surface area contributed by atoms with Crippen LogP contribution in [-0.2, 0) is 14.3 Å². The quantitative estimate of drug-likeness (QED) is 0.416. The van der Waals surface area contributed by atoms with E-state index in [2.05, 4.69) is 11.9 Å². The van der Waals surface area contributed by atoms with E-state index in [0.29, 0.717) is 6.29 Å². The molecule has 88 valence electrons. The second-order valence-electron chi connectivity index (χ2n) is 3.19. The Kier molecular flexibility index (Phi) is 6.51. The molecule has 16 heavy (non-hydrogen) atoms. The van der Waals surface area contributed by atoms with Crippen molar-refractivity contribution in [3.05, 3.63) is 24.3 Å². The Morgan fingerprint density at radius 2 is 2.06 bits per heavy atom. The number of hydrogen-bond acceptors (Lipinski definition) is 4. The molecule has 5 nitrogen and oxygen atoms in total. The summed E-state index contributed by atoms with van der Waals surface area (Å²) in [7, 11) is 0. The minimum Gasteiger partial charge on any atom is -0.445 e. The number of carbonyl (C=O) groups excluding carboxylic acids is 3. The number of allylic oxidation sites excluding steroid dienone is 2. The lowest BCUT2D eigenvalue weighted by Gasteiger charge is -2.10. The second kappa shape index (κ2) is 7.39. The normalized spacial score (nSPS) is 12.5. The van der Waals surface area contributed by atoms with Crippen molar-refractivity contribution in [1.82, 2.24) is 5.32 Å². The van der Waals surface area contributed by atoms with Crippen molar-refractivity contribution >= 4 is 18.2 Å². The van der Waals surface area contributed by atoms with Gasteiger partial charge in [-0.3, -0.25) is 4.79 Å². The first kappa shape index (κ1) is 14.1. The summed E-state index contributed by atoms with van der Waals surface area (Å²) in [5.74, 6) is -0.440. The van der Waals surface area contributed by atoms with Gasteiger partial charge in [-0.25, -0.2) is 4.79 Å². The van der Waals surface area contributed by atoms with Gasteiger partial charge < -0.3 is 14.8 Å². The van der Waals surface area contributed by atoms with Crippen LogP contribution in [-0.4, -0.2) is 30.8 Å². The number of rotatable bonds is 6. The fraction of sp³-hybridized carbons (Fsp3) is 0.364. The van der Waals surface area contributed by atoms with Crippen molar-refractivity contribution in [2.24, 2.45) is 0 Å². The molecule has 1 atom stereocenters. The summed E-state index contributed by atoms with van der Waals surface area (Å²) in [4.78, 5) is 32.4. The minimum atomic E-state index is -1.14. The summed E-state index contributed by atoms with van der Waals surface area (Å²) >= 11 is 0. The molecular formula is C11H15NO4. The first-order valence-corrected chi connectivity index (χ1v) is 4.68. The number of Topliss-reactive ketones (excluding diaryl/α,β-unsaturated/α-hetero) is 1. The predicted molar refractivity (Wildman–Crippen MR) is 59.0 cm³/mol. The Labute approximate surface area is 94.2 Å². The molecule has 0 heterocycles. The lowest BCUT2D eigenvalue weighted by Crippen LogP contribution is -2.41. The summed E-state index contributed by atoms with van der Waals surface area (Å²) in [6, 6.07) is -1.14. The van der Waals surface area contributed by atoms with Crippen molar-refractivity contribution in [1.29, 1.82) is 0 Å². The van der Waals surface area contributed by atoms with Crippen molar-refractivity contribution in [2.45, 2.75) is 19.9 Å². The molecule has 0 aromatic carbocycles. The molecule has 0 spiro atoms. The van der Waals surface area contributed by atoms with Crippen LogP contribution in [0, 0.1) is 0 Å². The predicted octanol–water partition coefficient (Wildman–Crippen LogP) is 1.00. The number of carbonyl (C=O) groups is 3. The lowest BCUT2D eigenvalue weighted by atomic mass is 10.2. The summed E-state index contributed by atoms with van der Waals surface area (Å²) in [6.45, 7) is 6.55. The van der Waals surface area contributed by atoms with Gasteiger partial charge in [0.15, 0.2) is 5.78 Å². The lowest BCUT2D eigenvalue weighted by molar-refractivity contribution is -0.123. The summed E-state index contributed by atoms with van der Waals surface area (Å²) in [5, 5.41) is 2.13. The topological polar surface area (TPSA) is 72.5 Å². The van der Waals surface area contributed by atoms with Gasteiger partial charge in [0.1, 0.15) is 18.9 Å². The third kappa shape index (κ3) is 5.74. The molecule has 1 amide bonds. The SMILES string of the molecule is C=CC=C(C)COC(=O)NC(C=O)C(C)=O. The van der Waals surface area contributed by atoms with Gasteiger partial charge in [0.2, 0.25) is 0 Å². The molecule has 0 rings (SSSR count). The van der Waals surface area contributed by atoms with Gasteiger partial charge >= 0.3 is 6.09 Å². The van der Waals surface area contributed by atoms with Gasteiger partial charge in [0.25, 0.3) is 0 Å². The fourth-order valence-corrected chi connectivity index (χ4v) is 0.829. The van der Waals surface area contributed by atoms with E-state index >= 15 is 0 Å². The fourth-order valence-electron chi connectivity index (χ4n) is 0.829. The standard InChI is InChI=1S/C11H15NO4/c1-4-5-8(2)7-16-11(15)12-10(6-13)9(3)14/h4-6,10H,1,7H2,2-3H3,(H,12,15).